The molecule has 0 N–H and O–H groups in total. The first-order chi connectivity index (χ1) is 12.2. The van der Waals surface area contributed by atoms with Crippen molar-refractivity contribution in [2.45, 2.75) is 19.9 Å². The first-order valence-corrected chi connectivity index (χ1v) is 8.84. The summed E-state index contributed by atoms with van der Waals surface area (Å²) in [6.07, 6.45) is 0.499. The molecule has 0 bridgehead atoms. The number of carbonyl (C=O) groups is 1. The maximum Gasteiger partial charge on any atom is 0.227 e. The maximum absolute atomic E-state index is 12.6. The minimum Gasteiger partial charge on any atom is -0.496 e. The lowest BCUT2D eigenvalue weighted by atomic mass is 10.1. The molecule has 1 aliphatic heterocycles. The predicted molar refractivity (Wildman–Crippen MR) is 99.7 cm³/mol. The second kappa shape index (κ2) is 8.17. The van der Waals surface area contributed by atoms with Crippen LogP contribution in [-0.4, -0.2) is 49.0 Å². The highest BCUT2D eigenvalue weighted by atomic mass is 16.5. The van der Waals surface area contributed by atoms with Gasteiger partial charge in [0.25, 0.3) is 0 Å². The predicted octanol–water partition coefficient (Wildman–Crippen LogP) is 2.89. The van der Waals surface area contributed by atoms with Gasteiger partial charge >= 0.3 is 0 Å². The lowest BCUT2D eigenvalue weighted by molar-refractivity contribution is -0.132. The van der Waals surface area contributed by atoms with Gasteiger partial charge in [0, 0.05) is 38.3 Å². The molecule has 1 saturated heterocycles. The molecular formula is C21H26N2O2. The van der Waals surface area contributed by atoms with Gasteiger partial charge in [0.2, 0.25) is 5.91 Å². The number of hydrogen-bond donors (Lipinski definition) is 0. The molecule has 1 heterocycles. The fraction of sp³-hybridized carbons (Fsp3) is 0.381. The highest BCUT2D eigenvalue weighted by Gasteiger charge is 2.22. The van der Waals surface area contributed by atoms with Gasteiger partial charge in [0.05, 0.1) is 13.5 Å². The van der Waals surface area contributed by atoms with Crippen LogP contribution in [0.25, 0.3) is 0 Å². The molecule has 25 heavy (non-hydrogen) atoms. The lowest BCUT2D eigenvalue weighted by Crippen LogP contribution is -2.48. The van der Waals surface area contributed by atoms with Gasteiger partial charge in [-0.15, -0.1) is 0 Å². The second-order valence-electron chi connectivity index (χ2n) is 6.57. The largest absolute Gasteiger partial charge is 0.496 e. The topological polar surface area (TPSA) is 32.8 Å². The van der Waals surface area contributed by atoms with E-state index in [1.54, 1.807) is 7.11 Å². The maximum atomic E-state index is 12.6. The summed E-state index contributed by atoms with van der Waals surface area (Å²) in [4.78, 5) is 16.9. The molecule has 0 unspecified atom stereocenters. The molecule has 2 aromatic carbocycles. The van der Waals surface area contributed by atoms with Crippen LogP contribution in [0.4, 0.5) is 0 Å². The Balaban J connectivity index is 1.53. The molecule has 0 spiro atoms. The van der Waals surface area contributed by atoms with Crippen LogP contribution in [0.15, 0.2) is 48.5 Å². The summed E-state index contributed by atoms with van der Waals surface area (Å²) < 4.78 is 5.43. The molecule has 4 nitrogen and oxygen atoms in total. The van der Waals surface area contributed by atoms with Crippen LogP contribution in [-0.2, 0) is 17.8 Å². The summed E-state index contributed by atoms with van der Waals surface area (Å²) in [6.45, 7) is 6.31. The van der Waals surface area contributed by atoms with E-state index in [0.717, 1.165) is 44.0 Å². The van der Waals surface area contributed by atoms with E-state index in [0.29, 0.717) is 6.42 Å². The number of methoxy groups -OCH3 is 1. The van der Waals surface area contributed by atoms with E-state index in [-0.39, 0.29) is 5.91 Å². The van der Waals surface area contributed by atoms with Gasteiger partial charge in [0.1, 0.15) is 5.75 Å². The minimum atomic E-state index is 0.228. The summed E-state index contributed by atoms with van der Waals surface area (Å²) in [7, 11) is 1.71. The van der Waals surface area contributed by atoms with Gasteiger partial charge in [-0.2, -0.15) is 0 Å². The zero-order valence-electron chi connectivity index (χ0n) is 15.1. The van der Waals surface area contributed by atoms with Crippen LogP contribution in [0.2, 0.25) is 0 Å². The van der Waals surface area contributed by atoms with E-state index in [9.17, 15) is 4.79 Å². The standard InChI is InChI=1S/C21H26N2O2/c1-17-7-3-4-8-18(17)15-21(24)23-13-11-22(12-14-23)16-19-9-5-6-10-20(19)25-2/h3-10H,11-16H2,1-2H3. The number of benzene rings is 2. The van der Waals surface area contributed by atoms with Gasteiger partial charge in [-0.05, 0) is 24.1 Å². The number of nitrogens with zero attached hydrogens (tertiary/aromatic N) is 2. The molecular weight excluding hydrogens is 312 g/mol. The van der Waals surface area contributed by atoms with Gasteiger partial charge in [-0.1, -0.05) is 42.5 Å². The zero-order valence-corrected chi connectivity index (χ0v) is 15.1. The summed E-state index contributed by atoms with van der Waals surface area (Å²) in [5, 5.41) is 0. The molecule has 0 saturated carbocycles. The third kappa shape index (κ3) is 4.40. The number of piperazine rings is 1. The van der Waals surface area contributed by atoms with Crippen LogP contribution in [0, 0.1) is 6.92 Å². The Morgan fingerprint density at radius 3 is 2.28 bits per heavy atom. The average Bonchev–Trinajstić information content (AvgIpc) is 2.64. The Bertz CT molecular complexity index is 721. The van der Waals surface area contributed by atoms with Crippen LogP contribution in [0.3, 0.4) is 0 Å². The first kappa shape index (κ1) is 17.5. The van der Waals surface area contributed by atoms with Crippen molar-refractivity contribution >= 4 is 5.91 Å². The van der Waals surface area contributed by atoms with Gasteiger partial charge in [-0.3, -0.25) is 9.69 Å². The molecule has 3 rings (SSSR count). The van der Waals surface area contributed by atoms with Gasteiger partial charge in [0.15, 0.2) is 0 Å². The van der Waals surface area contributed by atoms with Crippen molar-refractivity contribution in [2.75, 3.05) is 33.3 Å². The smallest absolute Gasteiger partial charge is 0.227 e. The summed E-state index contributed by atoms with van der Waals surface area (Å²) >= 11 is 0. The Morgan fingerprint density at radius 2 is 1.60 bits per heavy atom. The Morgan fingerprint density at radius 1 is 0.960 bits per heavy atom. The Hall–Kier alpha value is -2.33. The van der Waals surface area contributed by atoms with Gasteiger partial charge < -0.3 is 9.64 Å². The monoisotopic (exact) mass is 338 g/mol. The van der Waals surface area contributed by atoms with Crippen molar-refractivity contribution in [3.05, 3.63) is 65.2 Å². The fourth-order valence-corrected chi connectivity index (χ4v) is 3.31. The molecule has 1 amide bonds. The summed E-state index contributed by atoms with van der Waals surface area (Å²) in [5.74, 6) is 1.16. The first-order valence-electron chi connectivity index (χ1n) is 8.84. The SMILES string of the molecule is COc1ccccc1CN1CCN(C(=O)Cc2ccccc2C)CC1. The third-order valence-electron chi connectivity index (χ3n) is 4.91. The highest BCUT2D eigenvalue weighted by molar-refractivity contribution is 5.79. The number of para-hydroxylation sites is 1. The van der Waals surface area contributed by atoms with Crippen LogP contribution < -0.4 is 4.74 Å². The fourth-order valence-electron chi connectivity index (χ4n) is 3.31. The quantitative estimate of drug-likeness (QED) is 0.840. The molecule has 0 aliphatic carbocycles. The second-order valence-corrected chi connectivity index (χ2v) is 6.57. The Labute approximate surface area is 150 Å². The third-order valence-corrected chi connectivity index (χ3v) is 4.91. The van der Waals surface area contributed by atoms with Crippen molar-refractivity contribution in [3.8, 4) is 5.75 Å². The van der Waals surface area contributed by atoms with E-state index in [1.807, 2.05) is 41.3 Å². The van der Waals surface area contributed by atoms with E-state index < -0.39 is 0 Å². The van der Waals surface area contributed by atoms with E-state index >= 15 is 0 Å². The van der Waals surface area contributed by atoms with Crippen molar-refractivity contribution in [1.29, 1.82) is 0 Å². The normalized spacial score (nSPS) is 15.2. The number of amides is 1. The van der Waals surface area contributed by atoms with Crippen molar-refractivity contribution in [3.63, 3.8) is 0 Å². The van der Waals surface area contributed by atoms with Crippen LogP contribution >= 0.6 is 0 Å². The summed E-state index contributed by atoms with van der Waals surface area (Å²) in [5.41, 5.74) is 3.51. The molecule has 4 heteroatoms. The highest BCUT2D eigenvalue weighted by Crippen LogP contribution is 2.20. The molecule has 0 radical (unpaired) electrons. The van der Waals surface area contributed by atoms with Crippen molar-refractivity contribution in [2.24, 2.45) is 0 Å². The van der Waals surface area contributed by atoms with E-state index in [2.05, 4.69) is 24.0 Å². The molecule has 132 valence electrons. The zero-order chi connectivity index (χ0) is 17.6. The molecule has 2 aromatic rings. The van der Waals surface area contributed by atoms with Crippen molar-refractivity contribution in [1.82, 2.24) is 9.80 Å². The van der Waals surface area contributed by atoms with E-state index in [1.165, 1.54) is 11.1 Å². The average molecular weight is 338 g/mol. The van der Waals surface area contributed by atoms with Gasteiger partial charge in [-0.25, -0.2) is 0 Å². The number of rotatable bonds is 5. The number of ether oxygens (including phenoxy) is 1. The van der Waals surface area contributed by atoms with Crippen LogP contribution in [0.1, 0.15) is 16.7 Å². The number of carbonyl (C=O) groups excluding carboxylic acids is 1. The van der Waals surface area contributed by atoms with E-state index in [4.69, 9.17) is 4.74 Å². The van der Waals surface area contributed by atoms with Crippen LogP contribution in [0.5, 0.6) is 5.75 Å². The number of aryl methyl sites for hydroxylation is 1. The molecule has 0 aromatic heterocycles. The molecule has 1 fully saturated rings. The molecule has 0 atom stereocenters. The number of hydrogen-bond acceptors (Lipinski definition) is 3. The lowest BCUT2D eigenvalue weighted by Gasteiger charge is -2.35. The van der Waals surface area contributed by atoms with Crippen molar-refractivity contribution < 1.29 is 9.53 Å². The Kier molecular flexibility index (Phi) is 5.71. The molecule has 1 aliphatic rings. The minimum absolute atomic E-state index is 0.228. The summed E-state index contributed by atoms with van der Waals surface area (Å²) in [6, 6.07) is 16.3.